The van der Waals surface area contributed by atoms with Crippen molar-refractivity contribution in [3.63, 3.8) is 0 Å². The van der Waals surface area contributed by atoms with Gasteiger partial charge >= 0.3 is 0 Å². The van der Waals surface area contributed by atoms with Gasteiger partial charge in [-0.2, -0.15) is 5.10 Å². The maximum Gasteiger partial charge on any atom is 0.269 e. The Bertz CT molecular complexity index is 726. The van der Waals surface area contributed by atoms with Crippen LogP contribution in [0.15, 0.2) is 6.07 Å². The molecule has 4 aliphatic rings. The second kappa shape index (κ2) is 5.99. The van der Waals surface area contributed by atoms with Crippen molar-refractivity contribution in [2.45, 2.75) is 51.5 Å². The molecule has 2 atom stereocenters. The molecule has 4 bridgehead atoms. The third kappa shape index (κ3) is 2.51. The minimum Gasteiger partial charge on any atom is -0.369 e. The zero-order valence-electron chi connectivity index (χ0n) is 15.6. The van der Waals surface area contributed by atoms with Gasteiger partial charge in [0.05, 0.1) is 0 Å². The van der Waals surface area contributed by atoms with Crippen LogP contribution in [0.1, 0.15) is 55.9 Å². The Morgan fingerprint density at radius 3 is 2.42 bits per heavy atom. The molecule has 0 radical (unpaired) electrons. The number of primary amides is 2. The number of carbonyl (C=O) groups is 2. The van der Waals surface area contributed by atoms with Crippen molar-refractivity contribution in [2.75, 3.05) is 11.4 Å². The Morgan fingerprint density at radius 2 is 1.92 bits per heavy atom. The molecule has 4 fully saturated rings. The fourth-order valence-corrected chi connectivity index (χ4v) is 6.31. The van der Waals surface area contributed by atoms with Crippen LogP contribution >= 0.6 is 0 Å². The van der Waals surface area contributed by atoms with Gasteiger partial charge in [-0.3, -0.25) is 14.3 Å². The van der Waals surface area contributed by atoms with Gasteiger partial charge < -0.3 is 16.4 Å². The van der Waals surface area contributed by atoms with Crippen molar-refractivity contribution in [2.24, 2.45) is 41.7 Å². The molecule has 7 nitrogen and oxygen atoms in total. The molecule has 1 aromatic rings. The van der Waals surface area contributed by atoms with Crippen LogP contribution in [-0.4, -0.2) is 34.2 Å². The average molecular weight is 359 g/mol. The van der Waals surface area contributed by atoms with Crippen LogP contribution in [0.25, 0.3) is 0 Å². The molecule has 1 aromatic heterocycles. The van der Waals surface area contributed by atoms with Gasteiger partial charge in [0, 0.05) is 31.1 Å². The van der Waals surface area contributed by atoms with Gasteiger partial charge in [-0.15, -0.1) is 0 Å². The van der Waals surface area contributed by atoms with E-state index in [4.69, 9.17) is 11.5 Å². The molecule has 2 amide bonds. The van der Waals surface area contributed by atoms with Crippen LogP contribution in [0.4, 0.5) is 5.82 Å². The van der Waals surface area contributed by atoms with Crippen LogP contribution in [-0.2, 0) is 11.8 Å². The van der Waals surface area contributed by atoms with Crippen molar-refractivity contribution >= 4 is 17.6 Å². The zero-order chi connectivity index (χ0) is 18.6. The van der Waals surface area contributed by atoms with Gasteiger partial charge in [-0.1, -0.05) is 6.92 Å². The Morgan fingerprint density at radius 1 is 1.27 bits per heavy atom. The lowest BCUT2D eigenvalue weighted by atomic mass is 9.47. The van der Waals surface area contributed by atoms with E-state index >= 15 is 0 Å². The third-order valence-corrected chi connectivity index (χ3v) is 6.97. The monoisotopic (exact) mass is 359 g/mol. The molecule has 142 valence electrons. The Kier molecular flexibility index (Phi) is 4.00. The summed E-state index contributed by atoms with van der Waals surface area (Å²) < 4.78 is 1.77. The zero-order valence-corrected chi connectivity index (χ0v) is 15.6. The molecule has 2 unspecified atom stereocenters. The lowest BCUT2D eigenvalue weighted by Gasteiger charge is -2.61. The summed E-state index contributed by atoms with van der Waals surface area (Å²) >= 11 is 0. The maximum absolute atomic E-state index is 12.2. The first-order chi connectivity index (χ1) is 12.3. The number of hydrogen-bond acceptors (Lipinski definition) is 4. The molecule has 7 heteroatoms. The van der Waals surface area contributed by atoms with E-state index in [9.17, 15) is 9.59 Å². The van der Waals surface area contributed by atoms with Gasteiger partial charge in [0.25, 0.3) is 5.91 Å². The molecular weight excluding hydrogens is 330 g/mol. The summed E-state index contributed by atoms with van der Waals surface area (Å²) in [6, 6.07) is 2.20. The van der Waals surface area contributed by atoms with Crippen molar-refractivity contribution < 1.29 is 9.59 Å². The van der Waals surface area contributed by atoms with E-state index in [1.807, 2.05) is 13.1 Å². The highest BCUT2D eigenvalue weighted by molar-refractivity contribution is 5.91. The second-order valence-corrected chi connectivity index (χ2v) is 8.67. The summed E-state index contributed by atoms with van der Waals surface area (Å²) in [5, 5.41) is 4.29. The highest BCUT2D eigenvalue weighted by Gasteiger charge is 2.59. The van der Waals surface area contributed by atoms with Crippen LogP contribution < -0.4 is 16.4 Å². The summed E-state index contributed by atoms with van der Waals surface area (Å²) in [4.78, 5) is 26.2. The summed E-state index contributed by atoms with van der Waals surface area (Å²) in [5.74, 6) is 1.94. The molecule has 4 saturated carbocycles. The molecule has 4 aliphatic carbocycles. The molecule has 1 heterocycles. The number of amides is 2. The van der Waals surface area contributed by atoms with Crippen LogP contribution in [0.3, 0.4) is 0 Å². The normalized spacial score (nSPS) is 34.8. The Balaban J connectivity index is 1.68. The van der Waals surface area contributed by atoms with Crippen molar-refractivity contribution in [3.8, 4) is 0 Å². The molecule has 0 aromatic carbocycles. The molecular formula is C19H29N5O2. The number of nitrogens with zero attached hydrogens (tertiary/aromatic N) is 3. The first-order valence-corrected chi connectivity index (χ1v) is 9.75. The van der Waals surface area contributed by atoms with E-state index in [2.05, 4.69) is 16.9 Å². The first kappa shape index (κ1) is 17.4. The number of rotatable bonds is 6. The molecule has 0 spiro atoms. The number of hydrogen-bond donors (Lipinski definition) is 2. The fourth-order valence-electron chi connectivity index (χ4n) is 6.31. The van der Waals surface area contributed by atoms with E-state index in [0.29, 0.717) is 29.5 Å². The molecule has 0 aliphatic heterocycles. The predicted octanol–water partition coefficient (Wildman–Crippen LogP) is 1.42. The molecule has 4 N–H and O–H groups in total. The lowest BCUT2D eigenvalue weighted by molar-refractivity contribution is -0.144. The van der Waals surface area contributed by atoms with E-state index in [0.717, 1.165) is 38.0 Å². The van der Waals surface area contributed by atoms with Gasteiger partial charge in [0.1, 0.15) is 5.82 Å². The van der Waals surface area contributed by atoms with Crippen molar-refractivity contribution in [1.29, 1.82) is 0 Å². The standard InChI is InChI=1S/C19H29N5O2/c1-3-4-24(15-7-14(17(20)25)22-23(15)2)16-12-5-11-6-13(16)10-19(8-11,9-12)18(21)26/h7,11-13,16H,3-6,8-10H2,1-2H3,(H2,20,25)(H2,21,26). The largest absolute Gasteiger partial charge is 0.369 e. The average Bonchev–Trinajstić information content (AvgIpc) is 2.95. The quantitative estimate of drug-likeness (QED) is 0.801. The molecule has 0 saturated heterocycles. The molecule has 26 heavy (non-hydrogen) atoms. The maximum atomic E-state index is 12.2. The SMILES string of the molecule is CCCN(c1cc(C(N)=O)nn1C)C1C2CC3CC1CC(C(N)=O)(C3)C2. The minimum atomic E-state index is -0.499. The highest BCUT2D eigenvalue weighted by atomic mass is 16.1. The topological polar surface area (TPSA) is 107 Å². The number of carbonyl (C=O) groups excluding carboxylic acids is 2. The highest BCUT2D eigenvalue weighted by Crippen LogP contribution is 2.61. The second-order valence-electron chi connectivity index (χ2n) is 8.67. The molecule has 5 rings (SSSR count). The summed E-state index contributed by atoms with van der Waals surface area (Å²) in [6.45, 7) is 3.07. The van der Waals surface area contributed by atoms with Gasteiger partial charge in [0.15, 0.2) is 5.69 Å². The Labute approximate surface area is 154 Å². The van der Waals surface area contributed by atoms with E-state index in [1.165, 1.54) is 12.8 Å². The van der Waals surface area contributed by atoms with Crippen molar-refractivity contribution in [3.05, 3.63) is 11.8 Å². The van der Waals surface area contributed by atoms with E-state index in [1.54, 1.807) is 4.68 Å². The fraction of sp³-hybridized carbons (Fsp3) is 0.737. The number of aryl methyl sites for hydroxylation is 1. The van der Waals surface area contributed by atoms with E-state index < -0.39 is 5.91 Å². The summed E-state index contributed by atoms with van der Waals surface area (Å²) in [7, 11) is 1.87. The van der Waals surface area contributed by atoms with Gasteiger partial charge in [0.2, 0.25) is 5.91 Å². The number of anilines is 1. The third-order valence-electron chi connectivity index (χ3n) is 6.97. The number of aromatic nitrogens is 2. The summed E-state index contributed by atoms with van der Waals surface area (Å²) in [5.41, 5.74) is 11.3. The van der Waals surface area contributed by atoms with Crippen LogP contribution in [0.5, 0.6) is 0 Å². The van der Waals surface area contributed by atoms with Crippen molar-refractivity contribution in [1.82, 2.24) is 9.78 Å². The van der Waals surface area contributed by atoms with Gasteiger partial charge in [-0.25, -0.2) is 0 Å². The van der Waals surface area contributed by atoms with E-state index in [-0.39, 0.29) is 11.3 Å². The number of nitrogens with two attached hydrogens (primary N) is 2. The predicted molar refractivity (Wildman–Crippen MR) is 98.3 cm³/mol. The summed E-state index contributed by atoms with van der Waals surface area (Å²) in [6.07, 6.45) is 6.15. The van der Waals surface area contributed by atoms with Crippen LogP contribution in [0, 0.1) is 23.2 Å². The van der Waals surface area contributed by atoms with Crippen LogP contribution in [0.2, 0.25) is 0 Å². The minimum absolute atomic E-state index is 0.103. The van der Waals surface area contributed by atoms with Gasteiger partial charge in [-0.05, 0) is 56.3 Å². The first-order valence-electron chi connectivity index (χ1n) is 9.75. The Hall–Kier alpha value is -2.05. The smallest absolute Gasteiger partial charge is 0.269 e. The lowest BCUT2D eigenvalue weighted by Crippen LogP contribution is -2.62.